The largest absolute Gasteiger partial charge is 0.393 e. The smallest absolute Gasteiger partial charge is 0.184 e. The van der Waals surface area contributed by atoms with E-state index in [0.29, 0.717) is 5.84 Å². The molecule has 1 aromatic carbocycles. The van der Waals surface area contributed by atoms with Gasteiger partial charge in [-0.1, -0.05) is 22.0 Å². The molecule has 3 N–H and O–H groups in total. The van der Waals surface area contributed by atoms with Gasteiger partial charge >= 0.3 is 0 Å². The molecular weight excluding hydrogens is 342 g/mol. The Morgan fingerprint density at radius 2 is 2.00 bits per heavy atom. The van der Waals surface area contributed by atoms with E-state index in [-0.39, 0.29) is 11.5 Å². The number of aliphatic hydroxyl groups excluding tert-OH is 1. The van der Waals surface area contributed by atoms with Gasteiger partial charge in [0.2, 0.25) is 0 Å². The number of benzene rings is 1. The summed E-state index contributed by atoms with van der Waals surface area (Å²) < 4.78 is 1.05. The molecule has 1 aliphatic heterocycles. The molecule has 4 nitrogen and oxygen atoms in total. The van der Waals surface area contributed by atoms with Gasteiger partial charge in [0, 0.05) is 15.5 Å². The average Bonchev–Trinajstić information content (AvgIpc) is 2.92. The Balaban J connectivity index is 1.92. The molecule has 1 atom stereocenters. The van der Waals surface area contributed by atoms with Crippen molar-refractivity contribution in [3.05, 3.63) is 33.8 Å². The van der Waals surface area contributed by atoms with Crippen LogP contribution in [0.3, 0.4) is 0 Å². The lowest BCUT2D eigenvalue weighted by Gasteiger charge is -2.44. The maximum atomic E-state index is 9.95. The number of aliphatic hydroxyl groups is 1. The lowest BCUT2D eigenvalue weighted by atomic mass is 9.65. The van der Waals surface area contributed by atoms with Crippen LogP contribution >= 0.6 is 15.9 Å². The monoisotopic (exact) mass is 361 g/mol. The normalized spacial score (nSPS) is 36.6. The Kier molecular flexibility index (Phi) is 3.04. The molecule has 116 valence electrons. The van der Waals surface area contributed by atoms with Crippen LogP contribution < -0.4 is 5.73 Å². The van der Waals surface area contributed by atoms with Gasteiger partial charge in [-0.05, 0) is 56.7 Å². The van der Waals surface area contributed by atoms with Crippen LogP contribution in [0, 0.1) is 5.41 Å². The van der Waals surface area contributed by atoms with Crippen molar-refractivity contribution < 1.29 is 5.11 Å². The highest BCUT2D eigenvalue weighted by atomic mass is 79.9. The number of nitrogens with two attached hydrogens (primary N) is 1. The molecule has 4 rings (SSSR count). The topological polar surface area (TPSA) is 71.0 Å². The van der Waals surface area contributed by atoms with Gasteiger partial charge in [-0.2, -0.15) is 0 Å². The van der Waals surface area contributed by atoms with Gasteiger partial charge in [0.1, 0.15) is 5.84 Å². The molecule has 5 heteroatoms. The first-order valence-corrected chi connectivity index (χ1v) is 8.64. The van der Waals surface area contributed by atoms with E-state index in [0.717, 1.165) is 42.3 Å². The van der Waals surface area contributed by atoms with Crippen LogP contribution in [0.2, 0.25) is 0 Å². The third-order valence-corrected chi connectivity index (χ3v) is 6.10. The molecule has 0 aromatic heterocycles. The average molecular weight is 362 g/mol. The summed E-state index contributed by atoms with van der Waals surface area (Å²) in [5, 5.41) is 9.95. The minimum absolute atomic E-state index is 0.0439. The van der Waals surface area contributed by atoms with Crippen LogP contribution in [0.1, 0.15) is 43.7 Å². The summed E-state index contributed by atoms with van der Waals surface area (Å²) >= 11 is 3.58. The van der Waals surface area contributed by atoms with Crippen molar-refractivity contribution in [3.8, 4) is 0 Å². The zero-order valence-electron chi connectivity index (χ0n) is 12.6. The zero-order valence-corrected chi connectivity index (χ0v) is 14.2. The van der Waals surface area contributed by atoms with Crippen LogP contribution in [-0.4, -0.2) is 22.8 Å². The number of hydrogen-bond donors (Lipinski definition) is 2. The van der Waals surface area contributed by atoms with Crippen LogP contribution in [0.15, 0.2) is 32.7 Å². The number of fused-ring (bicyclic) bond motifs is 3. The third kappa shape index (κ3) is 1.78. The molecule has 2 aliphatic carbocycles. The first kappa shape index (κ1) is 14.4. The summed E-state index contributed by atoms with van der Waals surface area (Å²) in [6, 6.07) is 6.41. The first-order chi connectivity index (χ1) is 10.5. The second-order valence-electron chi connectivity index (χ2n) is 6.86. The van der Waals surface area contributed by atoms with E-state index < -0.39 is 5.66 Å². The Hall–Kier alpha value is -1.20. The van der Waals surface area contributed by atoms with Gasteiger partial charge in [0.25, 0.3) is 0 Å². The summed E-state index contributed by atoms with van der Waals surface area (Å²) in [6.45, 7) is 1.94. The third-order valence-electron chi connectivity index (χ3n) is 5.61. The van der Waals surface area contributed by atoms with Gasteiger partial charge in [0.05, 0.1) is 11.8 Å². The van der Waals surface area contributed by atoms with Crippen molar-refractivity contribution in [2.75, 3.05) is 0 Å². The fourth-order valence-electron chi connectivity index (χ4n) is 4.42. The summed E-state index contributed by atoms with van der Waals surface area (Å²) in [5.74, 6) is 0.554. The molecule has 2 spiro atoms. The fraction of sp³-hybridized carbons (Fsp3) is 0.529. The SMILES string of the molecule is CC1=N[C@@]2(N=C1N)c1cc(Br)ccc1CC21CCC(O)CC1. The van der Waals surface area contributed by atoms with E-state index in [9.17, 15) is 5.11 Å². The molecular formula is C17H20BrN3O. The first-order valence-electron chi connectivity index (χ1n) is 7.85. The Morgan fingerprint density at radius 1 is 1.27 bits per heavy atom. The van der Waals surface area contributed by atoms with E-state index in [1.807, 2.05) is 6.92 Å². The van der Waals surface area contributed by atoms with Crippen LogP contribution in [0.25, 0.3) is 0 Å². The quantitative estimate of drug-likeness (QED) is 0.745. The van der Waals surface area contributed by atoms with Crippen molar-refractivity contribution in [1.29, 1.82) is 0 Å². The lowest BCUT2D eigenvalue weighted by molar-refractivity contribution is 0.0233. The highest BCUT2D eigenvalue weighted by Crippen LogP contribution is 2.61. The number of amidine groups is 1. The molecule has 0 bridgehead atoms. The van der Waals surface area contributed by atoms with Gasteiger partial charge < -0.3 is 10.8 Å². The summed E-state index contributed by atoms with van der Waals surface area (Å²) in [6.07, 6.45) is 4.30. The molecule has 0 amide bonds. The highest BCUT2D eigenvalue weighted by Gasteiger charge is 2.60. The number of halogens is 1. The Bertz CT molecular complexity index is 684. The predicted molar refractivity (Wildman–Crippen MR) is 91.2 cm³/mol. The molecule has 0 saturated heterocycles. The van der Waals surface area contributed by atoms with Crippen molar-refractivity contribution in [2.24, 2.45) is 21.1 Å². The van der Waals surface area contributed by atoms with Gasteiger partial charge in [-0.25, -0.2) is 4.99 Å². The summed E-state index contributed by atoms with van der Waals surface area (Å²) in [4.78, 5) is 9.84. The molecule has 1 saturated carbocycles. The lowest BCUT2D eigenvalue weighted by Crippen LogP contribution is -2.43. The van der Waals surface area contributed by atoms with Crippen molar-refractivity contribution in [2.45, 2.75) is 50.8 Å². The molecule has 0 radical (unpaired) electrons. The molecule has 0 unspecified atom stereocenters. The van der Waals surface area contributed by atoms with Crippen molar-refractivity contribution in [3.63, 3.8) is 0 Å². The number of nitrogens with zero attached hydrogens (tertiary/aromatic N) is 2. The van der Waals surface area contributed by atoms with Crippen LogP contribution in [0.4, 0.5) is 0 Å². The Labute approximate surface area is 138 Å². The molecule has 1 heterocycles. The standard InChI is InChI=1S/C17H20BrN3O/c1-10-15(19)21-17(20-10)14-8-12(18)3-2-11(14)9-16(17)6-4-13(22)5-7-16/h2-3,8,13,22H,4-7,9H2,1H3,(H2,19,21)/t13?,16?,17-/m1/s1. The molecule has 1 fully saturated rings. The minimum Gasteiger partial charge on any atom is -0.393 e. The van der Waals surface area contributed by atoms with E-state index in [1.165, 1.54) is 11.1 Å². The highest BCUT2D eigenvalue weighted by molar-refractivity contribution is 9.10. The predicted octanol–water partition coefficient (Wildman–Crippen LogP) is 2.91. The number of hydrogen-bond acceptors (Lipinski definition) is 4. The molecule has 3 aliphatic rings. The van der Waals surface area contributed by atoms with Crippen LogP contribution in [-0.2, 0) is 12.1 Å². The summed E-state index contributed by atoms with van der Waals surface area (Å²) in [7, 11) is 0. The second kappa shape index (κ2) is 4.65. The molecule has 22 heavy (non-hydrogen) atoms. The van der Waals surface area contributed by atoms with Crippen LogP contribution in [0.5, 0.6) is 0 Å². The van der Waals surface area contributed by atoms with E-state index in [1.54, 1.807) is 0 Å². The maximum Gasteiger partial charge on any atom is 0.184 e. The number of aliphatic imine (C=N–C) groups is 2. The minimum atomic E-state index is -0.583. The zero-order chi connectivity index (χ0) is 15.5. The number of rotatable bonds is 0. The van der Waals surface area contributed by atoms with Gasteiger partial charge in [-0.15, -0.1) is 0 Å². The van der Waals surface area contributed by atoms with Gasteiger partial charge in [-0.3, -0.25) is 4.99 Å². The molecule has 1 aromatic rings. The Morgan fingerprint density at radius 3 is 2.64 bits per heavy atom. The van der Waals surface area contributed by atoms with Crippen molar-refractivity contribution >= 4 is 27.5 Å². The maximum absolute atomic E-state index is 9.95. The second-order valence-corrected chi connectivity index (χ2v) is 7.77. The van der Waals surface area contributed by atoms with Crippen molar-refractivity contribution in [1.82, 2.24) is 0 Å². The van der Waals surface area contributed by atoms with E-state index in [2.05, 4.69) is 34.1 Å². The van der Waals surface area contributed by atoms with Gasteiger partial charge in [0.15, 0.2) is 5.66 Å². The summed E-state index contributed by atoms with van der Waals surface area (Å²) in [5.41, 5.74) is 8.80. The van der Waals surface area contributed by atoms with E-state index >= 15 is 0 Å². The van der Waals surface area contributed by atoms with E-state index in [4.69, 9.17) is 15.7 Å². The fourth-order valence-corrected chi connectivity index (χ4v) is 4.78.